The van der Waals surface area contributed by atoms with E-state index in [-0.39, 0.29) is 5.91 Å². The monoisotopic (exact) mass is 183 g/mol. The third-order valence-electron chi connectivity index (χ3n) is 3.21. The van der Waals surface area contributed by atoms with E-state index in [0.29, 0.717) is 11.3 Å². The van der Waals surface area contributed by atoms with Crippen molar-refractivity contribution in [2.24, 2.45) is 11.3 Å². The molecule has 0 aromatic carbocycles. The lowest BCUT2D eigenvalue weighted by molar-refractivity contribution is -0.121. The second kappa shape index (κ2) is 4.12. The minimum atomic E-state index is 0.199. The van der Waals surface area contributed by atoms with Gasteiger partial charge in [-0.2, -0.15) is 0 Å². The predicted octanol–water partition coefficient (Wildman–Crippen LogP) is 2.34. The molecule has 1 N–H and O–H groups in total. The molecule has 1 saturated carbocycles. The van der Waals surface area contributed by atoms with E-state index in [4.69, 9.17) is 0 Å². The van der Waals surface area contributed by atoms with E-state index in [1.807, 2.05) is 0 Å². The maximum atomic E-state index is 11.1. The second-order valence-electron chi connectivity index (χ2n) is 4.98. The molecule has 13 heavy (non-hydrogen) atoms. The Balaban J connectivity index is 2.29. The van der Waals surface area contributed by atoms with E-state index in [1.54, 1.807) is 7.05 Å². The fourth-order valence-corrected chi connectivity index (χ4v) is 2.03. The zero-order chi connectivity index (χ0) is 9.90. The maximum Gasteiger partial charge on any atom is 0.220 e. The van der Waals surface area contributed by atoms with Gasteiger partial charge in [-0.25, -0.2) is 0 Å². The summed E-state index contributed by atoms with van der Waals surface area (Å²) in [4.78, 5) is 11.1. The summed E-state index contributed by atoms with van der Waals surface area (Å²) in [7, 11) is 1.72. The van der Waals surface area contributed by atoms with E-state index < -0.39 is 0 Å². The van der Waals surface area contributed by atoms with Crippen LogP contribution in [0.15, 0.2) is 0 Å². The predicted molar refractivity (Wildman–Crippen MR) is 54.4 cm³/mol. The Kier molecular flexibility index (Phi) is 3.34. The molecular formula is C11H21NO. The first-order valence-electron chi connectivity index (χ1n) is 5.24. The maximum absolute atomic E-state index is 11.1. The number of amides is 1. The Morgan fingerprint density at radius 2 is 1.92 bits per heavy atom. The van der Waals surface area contributed by atoms with Gasteiger partial charge >= 0.3 is 0 Å². The zero-order valence-corrected chi connectivity index (χ0v) is 9.02. The van der Waals surface area contributed by atoms with Crippen LogP contribution in [0.4, 0.5) is 0 Å². The van der Waals surface area contributed by atoms with Crippen molar-refractivity contribution >= 4 is 5.91 Å². The molecule has 0 unspecified atom stereocenters. The molecule has 0 bridgehead atoms. The lowest BCUT2D eigenvalue weighted by atomic mass is 9.72. The number of hydrogen-bond donors (Lipinski definition) is 1. The van der Waals surface area contributed by atoms with Crippen molar-refractivity contribution in [3.8, 4) is 0 Å². The molecule has 0 heterocycles. The Labute approximate surface area is 81.1 Å². The van der Waals surface area contributed by atoms with Crippen LogP contribution < -0.4 is 5.32 Å². The normalized spacial score (nSPS) is 22.7. The number of carbonyl (C=O) groups is 1. The molecule has 1 aliphatic carbocycles. The van der Waals surface area contributed by atoms with Crippen molar-refractivity contribution in [2.45, 2.75) is 46.0 Å². The molecular weight excluding hydrogens is 162 g/mol. The van der Waals surface area contributed by atoms with Gasteiger partial charge in [0.05, 0.1) is 0 Å². The van der Waals surface area contributed by atoms with Crippen LogP contribution in [0.2, 0.25) is 0 Å². The Morgan fingerprint density at radius 1 is 1.38 bits per heavy atom. The molecule has 0 atom stereocenters. The molecule has 0 radical (unpaired) electrons. The van der Waals surface area contributed by atoms with Crippen LogP contribution in [-0.2, 0) is 4.79 Å². The third-order valence-corrected chi connectivity index (χ3v) is 3.21. The second-order valence-corrected chi connectivity index (χ2v) is 4.98. The van der Waals surface area contributed by atoms with Crippen molar-refractivity contribution < 1.29 is 4.79 Å². The Hall–Kier alpha value is -0.530. The fraction of sp³-hybridized carbons (Fsp3) is 0.909. The first kappa shape index (κ1) is 10.6. The SMILES string of the molecule is CNC(=O)CC1CCC(C)(C)CC1. The van der Waals surface area contributed by atoms with E-state index in [2.05, 4.69) is 19.2 Å². The molecule has 0 spiro atoms. The summed E-state index contributed by atoms with van der Waals surface area (Å²) in [6, 6.07) is 0. The smallest absolute Gasteiger partial charge is 0.220 e. The van der Waals surface area contributed by atoms with Crippen LogP contribution in [0.3, 0.4) is 0 Å². The molecule has 1 fully saturated rings. The van der Waals surface area contributed by atoms with Crippen LogP contribution in [-0.4, -0.2) is 13.0 Å². The zero-order valence-electron chi connectivity index (χ0n) is 9.02. The lowest BCUT2D eigenvalue weighted by Crippen LogP contribution is -2.26. The van der Waals surface area contributed by atoms with Crippen LogP contribution in [0, 0.1) is 11.3 Å². The summed E-state index contributed by atoms with van der Waals surface area (Å²) in [5, 5.41) is 2.69. The topological polar surface area (TPSA) is 29.1 Å². The molecule has 2 nitrogen and oxygen atoms in total. The highest BCUT2D eigenvalue weighted by Gasteiger charge is 2.27. The molecule has 0 aromatic rings. The van der Waals surface area contributed by atoms with Crippen LogP contribution >= 0.6 is 0 Å². The van der Waals surface area contributed by atoms with Crippen molar-refractivity contribution in [1.82, 2.24) is 5.32 Å². The molecule has 0 aromatic heterocycles. The van der Waals surface area contributed by atoms with Gasteiger partial charge in [0, 0.05) is 13.5 Å². The van der Waals surface area contributed by atoms with Crippen molar-refractivity contribution in [3.05, 3.63) is 0 Å². The largest absolute Gasteiger partial charge is 0.359 e. The van der Waals surface area contributed by atoms with Gasteiger partial charge in [0.15, 0.2) is 0 Å². The highest BCUT2D eigenvalue weighted by Crippen LogP contribution is 2.38. The van der Waals surface area contributed by atoms with Gasteiger partial charge in [0.25, 0.3) is 0 Å². The summed E-state index contributed by atoms with van der Waals surface area (Å²) in [6.45, 7) is 4.65. The van der Waals surface area contributed by atoms with E-state index in [9.17, 15) is 4.79 Å². The van der Waals surface area contributed by atoms with Gasteiger partial charge in [-0.3, -0.25) is 4.79 Å². The van der Waals surface area contributed by atoms with E-state index >= 15 is 0 Å². The highest BCUT2D eigenvalue weighted by molar-refractivity contribution is 5.75. The number of carbonyl (C=O) groups excluding carboxylic acids is 1. The minimum Gasteiger partial charge on any atom is -0.359 e. The summed E-state index contributed by atoms with van der Waals surface area (Å²) in [5.74, 6) is 0.831. The third kappa shape index (κ3) is 3.37. The van der Waals surface area contributed by atoms with Gasteiger partial charge in [-0.15, -0.1) is 0 Å². The molecule has 1 rings (SSSR count). The van der Waals surface area contributed by atoms with E-state index in [1.165, 1.54) is 25.7 Å². The number of nitrogens with one attached hydrogen (secondary N) is 1. The van der Waals surface area contributed by atoms with Gasteiger partial charge in [-0.05, 0) is 37.0 Å². The molecule has 76 valence electrons. The molecule has 2 heteroatoms. The number of hydrogen-bond acceptors (Lipinski definition) is 1. The minimum absolute atomic E-state index is 0.199. The highest BCUT2D eigenvalue weighted by atomic mass is 16.1. The van der Waals surface area contributed by atoms with Gasteiger partial charge in [0.2, 0.25) is 5.91 Å². The summed E-state index contributed by atoms with van der Waals surface area (Å²) in [5.41, 5.74) is 0.513. The van der Waals surface area contributed by atoms with Crippen molar-refractivity contribution in [2.75, 3.05) is 7.05 Å². The first-order valence-corrected chi connectivity index (χ1v) is 5.24. The number of rotatable bonds is 2. The standard InChI is InChI=1S/C11H21NO/c1-11(2)6-4-9(5-7-11)8-10(13)12-3/h9H,4-8H2,1-3H3,(H,12,13). The molecule has 1 aliphatic rings. The Morgan fingerprint density at radius 3 is 2.38 bits per heavy atom. The van der Waals surface area contributed by atoms with E-state index in [0.717, 1.165) is 6.42 Å². The Bertz CT molecular complexity index is 177. The van der Waals surface area contributed by atoms with Crippen LogP contribution in [0.1, 0.15) is 46.0 Å². The van der Waals surface area contributed by atoms with Crippen LogP contribution in [0.5, 0.6) is 0 Å². The summed E-state index contributed by atoms with van der Waals surface area (Å²) >= 11 is 0. The lowest BCUT2D eigenvalue weighted by Gasteiger charge is -2.33. The van der Waals surface area contributed by atoms with Gasteiger partial charge in [0.1, 0.15) is 0 Å². The average Bonchev–Trinajstić information content (AvgIpc) is 2.08. The van der Waals surface area contributed by atoms with Gasteiger partial charge < -0.3 is 5.32 Å². The van der Waals surface area contributed by atoms with Crippen molar-refractivity contribution in [1.29, 1.82) is 0 Å². The molecule has 0 saturated heterocycles. The summed E-state index contributed by atoms with van der Waals surface area (Å²) in [6.07, 6.45) is 5.72. The fourth-order valence-electron chi connectivity index (χ4n) is 2.03. The first-order chi connectivity index (χ1) is 6.03. The summed E-state index contributed by atoms with van der Waals surface area (Å²) < 4.78 is 0. The quantitative estimate of drug-likeness (QED) is 0.699. The molecule has 0 aliphatic heterocycles. The van der Waals surface area contributed by atoms with Gasteiger partial charge in [-0.1, -0.05) is 13.8 Å². The molecule has 1 amide bonds. The van der Waals surface area contributed by atoms with Crippen molar-refractivity contribution in [3.63, 3.8) is 0 Å². The average molecular weight is 183 g/mol. The van der Waals surface area contributed by atoms with Crippen LogP contribution in [0.25, 0.3) is 0 Å².